The molecule has 30 heavy (non-hydrogen) atoms. The zero-order valence-electron chi connectivity index (χ0n) is 16.1. The molecular weight excluding hydrogens is 396 g/mol. The molecule has 1 atom stereocenters. The highest BCUT2D eigenvalue weighted by Crippen LogP contribution is 2.33. The molecule has 1 fully saturated rings. The average Bonchev–Trinajstić information content (AvgIpc) is 2.73. The minimum Gasteiger partial charge on any atom is -0.493 e. The second-order valence-electron chi connectivity index (χ2n) is 6.25. The van der Waals surface area contributed by atoms with Crippen LogP contribution in [0.4, 0.5) is 21.9 Å². The van der Waals surface area contributed by atoms with Crippen LogP contribution in [0.1, 0.15) is 0 Å². The van der Waals surface area contributed by atoms with Gasteiger partial charge in [0.2, 0.25) is 11.8 Å². The fourth-order valence-electron chi connectivity index (χ4n) is 2.95. The highest BCUT2D eigenvalue weighted by Gasteiger charge is 2.39. The molecule has 11 nitrogen and oxygen atoms in total. The quantitative estimate of drug-likeness (QED) is 0.418. The molecule has 1 heterocycles. The molecule has 0 aromatic heterocycles. The van der Waals surface area contributed by atoms with Crippen molar-refractivity contribution in [2.24, 2.45) is 5.92 Å². The summed E-state index contributed by atoms with van der Waals surface area (Å²) in [7, 11) is 2.86. The zero-order chi connectivity index (χ0) is 21.8. The number of methoxy groups -OCH3 is 2. The van der Waals surface area contributed by atoms with Gasteiger partial charge >= 0.3 is 6.03 Å². The smallest absolute Gasteiger partial charge is 0.328 e. The maximum Gasteiger partial charge on any atom is 0.328 e. The minimum absolute atomic E-state index is 0.163. The number of anilines is 2. The number of benzene rings is 2. The lowest BCUT2D eigenvalue weighted by Gasteiger charge is -2.31. The molecule has 156 valence electrons. The van der Waals surface area contributed by atoms with Gasteiger partial charge in [0.05, 0.1) is 24.8 Å². The average molecular weight is 414 g/mol. The summed E-state index contributed by atoms with van der Waals surface area (Å²) >= 11 is 0. The van der Waals surface area contributed by atoms with Crippen molar-refractivity contribution in [1.29, 1.82) is 0 Å². The summed E-state index contributed by atoms with van der Waals surface area (Å²) in [5.74, 6) is -1.96. The maximum absolute atomic E-state index is 12.9. The third-order valence-electron chi connectivity index (χ3n) is 4.45. The van der Waals surface area contributed by atoms with Crippen molar-refractivity contribution in [1.82, 2.24) is 5.32 Å². The van der Waals surface area contributed by atoms with Gasteiger partial charge in [0.25, 0.3) is 5.69 Å². The van der Waals surface area contributed by atoms with Crippen LogP contribution in [-0.2, 0) is 9.59 Å². The van der Waals surface area contributed by atoms with Crippen molar-refractivity contribution in [3.05, 3.63) is 52.6 Å². The summed E-state index contributed by atoms with van der Waals surface area (Å²) in [5.41, 5.74) is 0.155. The van der Waals surface area contributed by atoms with Gasteiger partial charge in [0.15, 0.2) is 11.5 Å². The van der Waals surface area contributed by atoms with Crippen LogP contribution in [0.2, 0.25) is 0 Å². The fourth-order valence-corrected chi connectivity index (χ4v) is 2.95. The lowest BCUT2D eigenvalue weighted by Crippen LogP contribution is -2.58. The number of amides is 4. The number of ether oxygens (including phenoxy) is 2. The van der Waals surface area contributed by atoms with Gasteiger partial charge in [0, 0.05) is 30.4 Å². The lowest BCUT2D eigenvalue weighted by atomic mass is 10.0. The van der Waals surface area contributed by atoms with Crippen molar-refractivity contribution < 1.29 is 28.8 Å². The van der Waals surface area contributed by atoms with E-state index in [1.807, 2.05) is 0 Å². The number of nitrogens with zero attached hydrogens (tertiary/aromatic N) is 2. The molecule has 4 amide bonds. The van der Waals surface area contributed by atoms with Crippen molar-refractivity contribution in [2.45, 2.75) is 0 Å². The summed E-state index contributed by atoms with van der Waals surface area (Å²) in [6.07, 6.45) is 0. The molecule has 2 aromatic carbocycles. The van der Waals surface area contributed by atoms with E-state index in [4.69, 9.17) is 9.47 Å². The fraction of sp³-hybridized carbons (Fsp3) is 0.211. The molecule has 1 aliphatic heterocycles. The molecule has 1 saturated heterocycles. The summed E-state index contributed by atoms with van der Waals surface area (Å²) < 4.78 is 10.3. The van der Waals surface area contributed by atoms with Gasteiger partial charge in [-0.05, 0) is 18.2 Å². The number of non-ortho nitro benzene ring substituents is 1. The third kappa shape index (κ3) is 3.99. The number of carbonyl (C=O) groups excluding carboxylic acids is 3. The molecule has 3 rings (SSSR count). The van der Waals surface area contributed by atoms with Crippen molar-refractivity contribution in [3.63, 3.8) is 0 Å². The van der Waals surface area contributed by atoms with Crippen LogP contribution in [0.15, 0.2) is 42.5 Å². The van der Waals surface area contributed by atoms with Gasteiger partial charge in [-0.2, -0.15) is 0 Å². The summed E-state index contributed by atoms with van der Waals surface area (Å²) in [4.78, 5) is 49.0. The first-order valence-electron chi connectivity index (χ1n) is 8.75. The molecule has 0 bridgehead atoms. The maximum atomic E-state index is 12.9. The van der Waals surface area contributed by atoms with E-state index in [1.165, 1.54) is 56.7 Å². The second-order valence-corrected chi connectivity index (χ2v) is 6.25. The number of nitro groups is 1. The summed E-state index contributed by atoms with van der Waals surface area (Å²) in [5, 5.41) is 15.9. The Kier molecular flexibility index (Phi) is 5.81. The van der Waals surface area contributed by atoms with Crippen LogP contribution in [0.3, 0.4) is 0 Å². The Balaban J connectivity index is 1.83. The molecule has 1 aliphatic rings. The van der Waals surface area contributed by atoms with E-state index in [9.17, 15) is 24.5 Å². The van der Waals surface area contributed by atoms with Gasteiger partial charge in [-0.25, -0.2) is 9.69 Å². The van der Waals surface area contributed by atoms with Crippen LogP contribution >= 0.6 is 0 Å². The number of carbonyl (C=O) groups is 3. The number of rotatable bonds is 6. The van der Waals surface area contributed by atoms with E-state index in [0.29, 0.717) is 11.5 Å². The Labute approximate surface area is 170 Å². The topological polar surface area (TPSA) is 140 Å². The van der Waals surface area contributed by atoms with Crippen LogP contribution in [-0.4, -0.2) is 43.5 Å². The molecule has 1 unspecified atom stereocenters. The summed E-state index contributed by atoms with van der Waals surface area (Å²) in [6, 6.07) is 9.10. The Morgan fingerprint density at radius 1 is 1.17 bits per heavy atom. The Hall–Kier alpha value is -4.15. The number of nitrogens with one attached hydrogen (secondary N) is 2. The Bertz CT molecular complexity index is 1020. The number of urea groups is 1. The first-order valence-corrected chi connectivity index (χ1v) is 8.75. The van der Waals surface area contributed by atoms with Gasteiger partial charge in [-0.1, -0.05) is 6.07 Å². The first kappa shape index (κ1) is 20.6. The van der Waals surface area contributed by atoms with Crippen molar-refractivity contribution >= 4 is 34.9 Å². The van der Waals surface area contributed by atoms with Gasteiger partial charge in [-0.15, -0.1) is 0 Å². The minimum atomic E-state index is -1.23. The molecule has 0 aliphatic carbocycles. The molecule has 0 saturated carbocycles. The van der Waals surface area contributed by atoms with Gasteiger partial charge in [0.1, 0.15) is 5.92 Å². The van der Waals surface area contributed by atoms with Crippen LogP contribution in [0.25, 0.3) is 0 Å². The SMILES string of the molecule is COc1ccc(N2C(=O)NCC(C(=O)Nc3cccc([N+](=O)[O-])c3)C2=O)cc1OC. The molecule has 11 heteroatoms. The highest BCUT2D eigenvalue weighted by molar-refractivity contribution is 6.23. The number of hydrogen-bond acceptors (Lipinski definition) is 7. The van der Waals surface area contributed by atoms with Gasteiger partial charge < -0.3 is 20.1 Å². The van der Waals surface area contributed by atoms with E-state index >= 15 is 0 Å². The normalized spacial score (nSPS) is 15.9. The van der Waals surface area contributed by atoms with E-state index in [2.05, 4.69) is 10.6 Å². The van der Waals surface area contributed by atoms with Gasteiger partial charge in [-0.3, -0.25) is 19.7 Å². The monoisotopic (exact) mass is 414 g/mol. The number of imide groups is 1. The zero-order valence-corrected chi connectivity index (χ0v) is 16.1. The van der Waals surface area contributed by atoms with Crippen LogP contribution < -0.4 is 25.0 Å². The van der Waals surface area contributed by atoms with E-state index < -0.39 is 28.7 Å². The first-order chi connectivity index (χ1) is 14.3. The lowest BCUT2D eigenvalue weighted by molar-refractivity contribution is -0.384. The largest absolute Gasteiger partial charge is 0.493 e. The number of hydrogen-bond donors (Lipinski definition) is 2. The predicted octanol–water partition coefficient (Wildman–Crippen LogP) is 1.92. The van der Waals surface area contributed by atoms with E-state index in [1.54, 1.807) is 0 Å². The Morgan fingerprint density at radius 3 is 2.57 bits per heavy atom. The standard InChI is InChI=1S/C19H18N4O7/c1-29-15-7-6-12(9-16(15)30-2)22-18(25)14(10-20-19(22)26)17(24)21-11-4-3-5-13(8-11)23(27)28/h3-9,14H,10H2,1-2H3,(H,20,26)(H,21,24). The summed E-state index contributed by atoms with van der Waals surface area (Å²) in [6.45, 7) is -0.206. The third-order valence-corrected chi connectivity index (χ3v) is 4.45. The molecule has 2 aromatic rings. The predicted molar refractivity (Wildman–Crippen MR) is 106 cm³/mol. The van der Waals surface area contributed by atoms with Crippen molar-refractivity contribution in [2.75, 3.05) is 31.0 Å². The number of nitro benzene ring substituents is 1. The second kappa shape index (κ2) is 8.47. The van der Waals surface area contributed by atoms with E-state index in [0.717, 1.165) is 4.90 Å². The van der Waals surface area contributed by atoms with Crippen molar-refractivity contribution in [3.8, 4) is 11.5 Å². The molecule has 0 radical (unpaired) electrons. The molecule has 0 spiro atoms. The Morgan fingerprint density at radius 2 is 1.90 bits per heavy atom. The van der Waals surface area contributed by atoms with E-state index in [-0.39, 0.29) is 23.6 Å². The van der Waals surface area contributed by atoms with Crippen LogP contribution in [0, 0.1) is 16.0 Å². The van der Waals surface area contributed by atoms with Crippen LogP contribution in [0.5, 0.6) is 11.5 Å². The molecular formula is C19H18N4O7. The highest BCUT2D eigenvalue weighted by atomic mass is 16.6. The molecule has 2 N–H and O–H groups in total.